The highest BCUT2D eigenvalue weighted by Crippen LogP contribution is 2.27. The molecular weight excluding hydrogens is 256 g/mol. The quantitative estimate of drug-likeness (QED) is 0.825. The van der Waals surface area contributed by atoms with Gasteiger partial charge in [0.15, 0.2) is 0 Å². The molecule has 20 heavy (non-hydrogen) atoms. The zero-order valence-corrected chi connectivity index (χ0v) is 11.5. The lowest BCUT2D eigenvalue weighted by Gasteiger charge is -2.29. The number of para-hydroxylation sites is 1. The van der Waals surface area contributed by atoms with E-state index in [1.165, 1.54) is 10.5 Å². The van der Waals surface area contributed by atoms with Crippen LogP contribution in [-0.2, 0) is 16.0 Å². The summed E-state index contributed by atoms with van der Waals surface area (Å²) < 4.78 is 5.83. The molecule has 2 heterocycles. The summed E-state index contributed by atoms with van der Waals surface area (Å²) in [6.07, 6.45) is 1.91. The molecule has 2 unspecified atom stereocenters. The Hall–Kier alpha value is -1.88. The minimum atomic E-state index is -0.273. The fourth-order valence-corrected chi connectivity index (χ4v) is 2.75. The first-order chi connectivity index (χ1) is 9.65. The number of nitrogens with one attached hydrogen (secondary N) is 1. The van der Waals surface area contributed by atoms with E-state index in [1.54, 1.807) is 7.05 Å². The van der Waals surface area contributed by atoms with E-state index >= 15 is 0 Å². The van der Waals surface area contributed by atoms with Gasteiger partial charge in [0, 0.05) is 26.4 Å². The summed E-state index contributed by atoms with van der Waals surface area (Å²) in [5.74, 6) is 0.691. The molecular formula is C15H18N2O3. The summed E-state index contributed by atoms with van der Waals surface area (Å²) in [6.45, 7) is 0.618. The van der Waals surface area contributed by atoms with Gasteiger partial charge in [-0.2, -0.15) is 0 Å². The molecule has 1 N–H and O–H groups in total. The van der Waals surface area contributed by atoms with Gasteiger partial charge in [-0.25, -0.2) is 0 Å². The Morgan fingerprint density at radius 3 is 2.95 bits per heavy atom. The van der Waals surface area contributed by atoms with Gasteiger partial charge in [-0.3, -0.25) is 14.5 Å². The summed E-state index contributed by atoms with van der Waals surface area (Å²) >= 11 is 0. The smallest absolute Gasteiger partial charge is 0.246 e. The third-order valence-electron chi connectivity index (χ3n) is 3.96. The Bertz CT molecular complexity index is 519. The van der Waals surface area contributed by atoms with Crippen molar-refractivity contribution in [3.63, 3.8) is 0 Å². The summed E-state index contributed by atoms with van der Waals surface area (Å²) in [4.78, 5) is 24.6. The van der Waals surface area contributed by atoms with Crippen LogP contribution in [0.5, 0.6) is 5.75 Å². The molecule has 5 heteroatoms. The Morgan fingerprint density at radius 1 is 1.35 bits per heavy atom. The molecule has 5 nitrogen and oxygen atoms in total. The van der Waals surface area contributed by atoms with Crippen molar-refractivity contribution in [2.24, 2.45) is 0 Å². The molecule has 1 aromatic carbocycles. The van der Waals surface area contributed by atoms with Crippen molar-refractivity contribution in [3.05, 3.63) is 29.8 Å². The topological polar surface area (TPSA) is 58.6 Å². The van der Waals surface area contributed by atoms with Crippen LogP contribution in [-0.4, -0.2) is 42.5 Å². The fourth-order valence-electron chi connectivity index (χ4n) is 2.75. The van der Waals surface area contributed by atoms with E-state index in [4.69, 9.17) is 4.74 Å². The van der Waals surface area contributed by atoms with Gasteiger partial charge in [-0.15, -0.1) is 0 Å². The largest absolute Gasteiger partial charge is 0.488 e. The number of fused-ring (bicyclic) bond motifs is 1. The first-order valence-corrected chi connectivity index (χ1v) is 6.93. The number of carbonyl (C=O) groups excluding carboxylic acids is 2. The van der Waals surface area contributed by atoms with Crippen molar-refractivity contribution in [3.8, 4) is 5.75 Å². The predicted octanol–water partition coefficient (Wildman–Crippen LogP) is 0.727. The minimum Gasteiger partial charge on any atom is -0.488 e. The lowest BCUT2D eigenvalue weighted by molar-refractivity contribution is -0.148. The number of hydrogen-bond donors (Lipinski definition) is 1. The van der Waals surface area contributed by atoms with Crippen LogP contribution in [0.1, 0.15) is 18.4 Å². The SMILES string of the molecule is CN1C(=O)CCC(NCC2Cc3ccccc3O2)C1=O. The second kappa shape index (κ2) is 5.25. The average Bonchev–Trinajstić information content (AvgIpc) is 2.87. The highest BCUT2D eigenvalue weighted by Gasteiger charge is 2.32. The predicted molar refractivity (Wildman–Crippen MR) is 73.4 cm³/mol. The molecule has 3 rings (SSSR count). The number of ether oxygens (including phenoxy) is 1. The molecule has 2 atom stereocenters. The van der Waals surface area contributed by atoms with Crippen LogP contribution < -0.4 is 10.1 Å². The molecule has 0 saturated carbocycles. The van der Waals surface area contributed by atoms with Crippen LogP contribution in [0, 0.1) is 0 Å². The second-order valence-electron chi connectivity index (χ2n) is 5.34. The molecule has 1 saturated heterocycles. The van der Waals surface area contributed by atoms with Gasteiger partial charge in [0.1, 0.15) is 11.9 Å². The maximum Gasteiger partial charge on any atom is 0.246 e. The highest BCUT2D eigenvalue weighted by atomic mass is 16.5. The van der Waals surface area contributed by atoms with Gasteiger partial charge in [0.05, 0.1) is 6.04 Å². The number of benzene rings is 1. The van der Waals surface area contributed by atoms with Gasteiger partial charge in [0.2, 0.25) is 11.8 Å². The Balaban J connectivity index is 1.54. The molecule has 0 spiro atoms. The molecule has 106 valence electrons. The normalized spacial score (nSPS) is 25.6. The van der Waals surface area contributed by atoms with Gasteiger partial charge < -0.3 is 10.1 Å². The van der Waals surface area contributed by atoms with Gasteiger partial charge in [-0.05, 0) is 18.1 Å². The zero-order chi connectivity index (χ0) is 14.1. The number of hydrogen-bond acceptors (Lipinski definition) is 4. The highest BCUT2D eigenvalue weighted by molar-refractivity contribution is 6.00. The van der Waals surface area contributed by atoms with Crippen LogP contribution in [0.2, 0.25) is 0 Å². The average molecular weight is 274 g/mol. The van der Waals surface area contributed by atoms with Crippen LogP contribution >= 0.6 is 0 Å². The molecule has 0 aliphatic carbocycles. The van der Waals surface area contributed by atoms with Crippen molar-refractivity contribution in [2.75, 3.05) is 13.6 Å². The first kappa shape index (κ1) is 13.1. The van der Waals surface area contributed by atoms with Gasteiger partial charge in [0.25, 0.3) is 0 Å². The van der Waals surface area contributed by atoms with E-state index in [0.717, 1.165) is 12.2 Å². The third-order valence-corrected chi connectivity index (χ3v) is 3.96. The lowest BCUT2D eigenvalue weighted by Crippen LogP contribution is -2.53. The van der Waals surface area contributed by atoms with E-state index in [-0.39, 0.29) is 24.0 Å². The third kappa shape index (κ3) is 2.41. The number of piperidine rings is 1. The summed E-state index contributed by atoms with van der Waals surface area (Å²) in [5.41, 5.74) is 1.21. The van der Waals surface area contributed by atoms with Crippen molar-refractivity contribution in [1.82, 2.24) is 10.2 Å². The van der Waals surface area contributed by atoms with E-state index in [9.17, 15) is 9.59 Å². The molecule has 0 aromatic heterocycles. The summed E-state index contributed by atoms with van der Waals surface area (Å²) in [5, 5.41) is 3.23. The van der Waals surface area contributed by atoms with Crippen LogP contribution in [0.25, 0.3) is 0 Å². The van der Waals surface area contributed by atoms with E-state index in [2.05, 4.69) is 11.4 Å². The van der Waals surface area contributed by atoms with Crippen LogP contribution in [0.3, 0.4) is 0 Å². The van der Waals surface area contributed by atoms with Crippen LogP contribution in [0.4, 0.5) is 0 Å². The molecule has 0 bridgehead atoms. The lowest BCUT2D eigenvalue weighted by atomic mass is 10.0. The number of rotatable bonds is 3. The minimum absolute atomic E-state index is 0.0585. The van der Waals surface area contributed by atoms with E-state index in [1.807, 2.05) is 18.2 Å². The molecule has 0 radical (unpaired) electrons. The van der Waals surface area contributed by atoms with E-state index in [0.29, 0.717) is 19.4 Å². The summed E-state index contributed by atoms with van der Waals surface area (Å²) in [6, 6.07) is 7.72. The fraction of sp³-hybridized carbons (Fsp3) is 0.467. The Kier molecular flexibility index (Phi) is 3.44. The van der Waals surface area contributed by atoms with Crippen molar-refractivity contribution in [1.29, 1.82) is 0 Å². The number of imide groups is 1. The van der Waals surface area contributed by atoms with Crippen molar-refractivity contribution in [2.45, 2.75) is 31.4 Å². The van der Waals surface area contributed by atoms with Crippen LogP contribution in [0.15, 0.2) is 24.3 Å². The maximum absolute atomic E-state index is 12.0. The van der Waals surface area contributed by atoms with Crippen molar-refractivity contribution >= 4 is 11.8 Å². The number of likely N-dealkylation sites (tertiary alicyclic amines) is 1. The van der Waals surface area contributed by atoms with E-state index < -0.39 is 0 Å². The Morgan fingerprint density at radius 2 is 2.15 bits per heavy atom. The van der Waals surface area contributed by atoms with Crippen molar-refractivity contribution < 1.29 is 14.3 Å². The molecule has 2 aliphatic heterocycles. The first-order valence-electron chi connectivity index (χ1n) is 6.93. The number of nitrogens with zero attached hydrogens (tertiary/aromatic N) is 1. The zero-order valence-electron chi connectivity index (χ0n) is 11.5. The second-order valence-corrected chi connectivity index (χ2v) is 5.34. The molecule has 2 aliphatic rings. The molecule has 2 amide bonds. The number of amides is 2. The Labute approximate surface area is 117 Å². The standard InChI is InChI=1S/C15H18N2O3/c1-17-14(18)7-6-12(15(17)19)16-9-11-8-10-4-2-3-5-13(10)20-11/h2-5,11-12,16H,6-9H2,1H3. The van der Waals surface area contributed by atoms with Gasteiger partial charge >= 0.3 is 0 Å². The van der Waals surface area contributed by atoms with Gasteiger partial charge in [-0.1, -0.05) is 18.2 Å². The summed E-state index contributed by atoms with van der Waals surface area (Å²) in [7, 11) is 1.54. The molecule has 1 aromatic rings. The monoisotopic (exact) mass is 274 g/mol. The number of carbonyl (C=O) groups is 2. The molecule has 1 fully saturated rings. The number of likely N-dealkylation sites (N-methyl/N-ethyl adjacent to an activating group) is 1. The maximum atomic E-state index is 12.0.